The molecule has 84 valence electrons. The fourth-order valence-electron chi connectivity index (χ4n) is 1.19. The van der Waals surface area contributed by atoms with E-state index in [2.05, 4.69) is 0 Å². The Bertz CT molecular complexity index is 368. The molecule has 0 saturated carbocycles. The van der Waals surface area contributed by atoms with E-state index in [0.717, 1.165) is 6.07 Å². The molecule has 1 rings (SSSR count). The highest BCUT2D eigenvalue weighted by molar-refractivity contribution is 7.84. The van der Waals surface area contributed by atoms with Gasteiger partial charge in [0.05, 0.1) is 5.75 Å². The van der Waals surface area contributed by atoms with E-state index in [1.54, 1.807) is 6.92 Å². The highest BCUT2D eigenvalue weighted by Gasteiger charge is 2.11. The van der Waals surface area contributed by atoms with Gasteiger partial charge in [-0.2, -0.15) is 0 Å². The zero-order valence-corrected chi connectivity index (χ0v) is 9.19. The van der Waals surface area contributed by atoms with Crippen molar-refractivity contribution in [2.24, 2.45) is 5.73 Å². The molecule has 0 aliphatic heterocycles. The minimum absolute atomic E-state index is 0.00509. The number of halogens is 2. The summed E-state index contributed by atoms with van der Waals surface area (Å²) in [5.74, 6) is -1.54. The van der Waals surface area contributed by atoms with Crippen molar-refractivity contribution in [2.75, 3.05) is 5.75 Å². The normalized spacial score (nSPS) is 14.9. The van der Waals surface area contributed by atoms with E-state index in [9.17, 15) is 13.0 Å². The summed E-state index contributed by atoms with van der Waals surface area (Å²) < 4.78 is 37.4. The molecule has 5 heteroatoms. The van der Waals surface area contributed by atoms with Gasteiger partial charge in [-0.25, -0.2) is 8.78 Å². The van der Waals surface area contributed by atoms with Crippen LogP contribution in [-0.4, -0.2) is 16.0 Å². The molecule has 0 aliphatic rings. The summed E-state index contributed by atoms with van der Waals surface area (Å²) >= 11 is 0. The SMILES string of the molecule is CC(N)CS(=O)Cc1cccc(F)c1F. The lowest BCUT2D eigenvalue weighted by molar-refractivity contribution is 0.502. The summed E-state index contributed by atoms with van der Waals surface area (Å²) in [6.07, 6.45) is 0. The highest BCUT2D eigenvalue weighted by Crippen LogP contribution is 2.13. The number of hydrogen-bond donors (Lipinski definition) is 1. The second kappa shape index (κ2) is 5.32. The van der Waals surface area contributed by atoms with Crippen molar-refractivity contribution >= 4 is 10.8 Å². The van der Waals surface area contributed by atoms with Crippen LogP contribution in [0, 0.1) is 11.6 Å². The van der Waals surface area contributed by atoms with Crippen molar-refractivity contribution in [2.45, 2.75) is 18.7 Å². The van der Waals surface area contributed by atoms with Crippen molar-refractivity contribution in [3.63, 3.8) is 0 Å². The summed E-state index contributed by atoms with van der Waals surface area (Å²) in [6.45, 7) is 1.72. The molecule has 0 radical (unpaired) electrons. The zero-order valence-electron chi connectivity index (χ0n) is 8.37. The topological polar surface area (TPSA) is 43.1 Å². The zero-order chi connectivity index (χ0) is 11.4. The first-order valence-electron chi connectivity index (χ1n) is 4.54. The van der Waals surface area contributed by atoms with Gasteiger partial charge >= 0.3 is 0 Å². The van der Waals surface area contributed by atoms with Crippen LogP contribution in [0.1, 0.15) is 12.5 Å². The van der Waals surface area contributed by atoms with Crippen LogP contribution in [-0.2, 0) is 16.6 Å². The number of rotatable bonds is 4. The standard InChI is InChI=1S/C10H13F2NOS/c1-7(13)5-15(14)6-8-3-2-4-9(11)10(8)12/h2-4,7H,5-6,13H2,1H3. The molecule has 0 saturated heterocycles. The molecule has 0 aromatic heterocycles. The van der Waals surface area contributed by atoms with E-state index >= 15 is 0 Å². The van der Waals surface area contributed by atoms with Gasteiger partial charge in [0.1, 0.15) is 0 Å². The maximum absolute atomic E-state index is 13.2. The van der Waals surface area contributed by atoms with Crippen LogP contribution in [0.2, 0.25) is 0 Å². The quantitative estimate of drug-likeness (QED) is 0.857. The lowest BCUT2D eigenvalue weighted by Gasteiger charge is -2.06. The third kappa shape index (κ3) is 3.68. The second-order valence-electron chi connectivity index (χ2n) is 3.44. The summed E-state index contributed by atoms with van der Waals surface area (Å²) in [5, 5.41) is 0. The monoisotopic (exact) mass is 233 g/mol. The summed E-state index contributed by atoms with van der Waals surface area (Å²) in [4.78, 5) is 0. The number of benzene rings is 1. The van der Waals surface area contributed by atoms with E-state index in [1.165, 1.54) is 12.1 Å². The van der Waals surface area contributed by atoms with Crippen molar-refractivity contribution in [3.8, 4) is 0 Å². The van der Waals surface area contributed by atoms with Gasteiger partial charge in [0.2, 0.25) is 0 Å². The van der Waals surface area contributed by atoms with Crippen molar-refractivity contribution < 1.29 is 13.0 Å². The van der Waals surface area contributed by atoms with Crippen LogP contribution in [0.15, 0.2) is 18.2 Å². The average molecular weight is 233 g/mol. The molecule has 2 unspecified atom stereocenters. The fraction of sp³-hybridized carbons (Fsp3) is 0.400. The minimum Gasteiger partial charge on any atom is -0.327 e. The first kappa shape index (κ1) is 12.3. The van der Waals surface area contributed by atoms with Crippen molar-refractivity contribution in [1.29, 1.82) is 0 Å². The summed E-state index contributed by atoms with van der Waals surface area (Å²) in [5.41, 5.74) is 5.59. The van der Waals surface area contributed by atoms with Crippen LogP contribution in [0.5, 0.6) is 0 Å². The molecule has 1 aromatic rings. The molecule has 0 amide bonds. The Morgan fingerprint density at radius 1 is 1.47 bits per heavy atom. The van der Waals surface area contributed by atoms with Crippen LogP contribution in [0.4, 0.5) is 8.78 Å². The van der Waals surface area contributed by atoms with Gasteiger partial charge in [0, 0.05) is 28.2 Å². The van der Waals surface area contributed by atoms with Gasteiger partial charge < -0.3 is 5.73 Å². The Morgan fingerprint density at radius 3 is 2.73 bits per heavy atom. The van der Waals surface area contributed by atoms with Crippen LogP contribution >= 0.6 is 0 Å². The molecular weight excluding hydrogens is 220 g/mol. The largest absolute Gasteiger partial charge is 0.327 e. The summed E-state index contributed by atoms with van der Waals surface area (Å²) in [7, 11) is -1.25. The third-order valence-corrected chi connectivity index (χ3v) is 3.33. The molecule has 1 aromatic carbocycles. The third-order valence-electron chi connectivity index (χ3n) is 1.80. The summed E-state index contributed by atoms with van der Waals surface area (Å²) in [6, 6.07) is 3.66. The molecule has 0 spiro atoms. The Kier molecular flexibility index (Phi) is 4.35. The van der Waals surface area contributed by atoms with Gasteiger partial charge in [-0.1, -0.05) is 12.1 Å². The first-order valence-corrected chi connectivity index (χ1v) is 6.03. The Labute approximate surface area is 89.9 Å². The molecule has 2 N–H and O–H groups in total. The molecule has 0 fully saturated rings. The van der Waals surface area contributed by atoms with Crippen molar-refractivity contribution in [3.05, 3.63) is 35.4 Å². The molecule has 2 atom stereocenters. The maximum atomic E-state index is 13.2. The van der Waals surface area contributed by atoms with Gasteiger partial charge in [-0.15, -0.1) is 0 Å². The smallest absolute Gasteiger partial charge is 0.162 e. The number of nitrogens with two attached hydrogens (primary N) is 1. The fourth-order valence-corrected chi connectivity index (χ4v) is 2.46. The lowest BCUT2D eigenvalue weighted by atomic mass is 10.2. The maximum Gasteiger partial charge on any atom is 0.162 e. The average Bonchev–Trinajstić information content (AvgIpc) is 2.11. The van der Waals surface area contributed by atoms with E-state index < -0.39 is 22.4 Å². The Balaban J connectivity index is 2.73. The minimum atomic E-state index is -1.25. The first-order chi connectivity index (χ1) is 7.00. The van der Waals surface area contributed by atoms with Crippen LogP contribution in [0.3, 0.4) is 0 Å². The van der Waals surface area contributed by atoms with Gasteiger partial charge in [0.15, 0.2) is 11.6 Å². The van der Waals surface area contributed by atoms with E-state index in [0.29, 0.717) is 0 Å². The Morgan fingerprint density at radius 2 is 2.13 bits per heavy atom. The highest BCUT2D eigenvalue weighted by atomic mass is 32.2. The van der Waals surface area contributed by atoms with E-state index in [4.69, 9.17) is 5.73 Å². The molecular formula is C10H13F2NOS. The van der Waals surface area contributed by atoms with Gasteiger partial charge in [-0.05, 0) is 13.0 Å². The predicted octanol–water partition coefficient (Wildman–Crippen LogP) is 1.56. The van der Waals surface area contributed by atoms with Gasteiger partial charge in [-0.3, -0.25) is 4.21 Å². The van der Waals surface area contributed by atoms with Gasteiger partial charge in [0.25, 0.3) is 0 Å². The molecule has 2 nitrogen and oxygen atoms in total. The van der Waals surface area contributed by atoms with Crippen molar-refractivity contribution in [1.82, 2.24) is 0 Å². The Hall–Kier alpha value is -0.810. The second-order valence-corrected chi connectivity index (χ2v) is 4.94. The van der Waals surface area contributed by atoms with E-state index in [1.807, 2.05) is 0 Å². The molecule has 0 bridgehead atoms. The number of hydrogen-bond acceptors (Lipinski definition) is 2. The van der Waals surface area contributed by atoms with Crippen LogP contribution < -0.4 is 5.73 Å². The molecule has 0 heterocycles. The van der Waals surface area contributed by atoms with Crippen LogP contribution in [0.25, 0.3) is 0 Å². The predicted molar refractivity (Wildman–Crippen MR) is 56.7 cm³/mol. The molecule has 0 aliphatic carbocycles. The van der Waals surface area contributed by atoms with E-state index in [-0.39, 0.29) is 23.1 Å². The lowest BCUT2D eigenvalue weighted by Crippen LogP contribution is -2.23. The molecule has 15 heavy (non-hydrogen) atoms.